The Labute approximate surface area is 112 Å². The number of fused-ring (bicyclic) bond motifs is 1. The van der Waals surface area contributed by atoms with Crippen molar-refractivity contribution in [3.05, 3.63) is 66.1 Å². The third-order valence-electron chi connectivity index (χ3n) is 3.21. The molecule has 0 unspecified atom stereocenters. The summed E-state index contributed by atoms with van der Waals surface area (Å²) >= 11 is 0. The third-order valence-corrected chi connectivity index (χ3v) is 3.21. The molecule has 3 heteroatoms. The van der Waals surface area contributed by atoms with Crippen molar-refractivity contribution in [2.24, 2.45) is 0 Å². The van der Waals surface area contributed by atoms with Crippen molar-refractivity contribution in [3.63, 3.8) is 0 Å². The lowest BCUT2D eigenvalue weighted by Crippen LogP contribution is -2.05. The van der Waals surface area contributed by atoms with Gasteiger partial charge in [-0.15, -0.1) is 0 Å². The predicted molar refractivity (Wildman–Crippen MR) is 78.0 cm³/mol. The molecule has 0 bridgehead atoms. The summed E-state index contributed by atoms with van der Waals surface area (Å²) in [4.78, 5) is 8.80. The van der Waals surface area contributed by atoms with Gasteiger partial charge in [0.2, 0.25) is 0 Å². The van der Waals surface area contributed by atoms with E-state index in [4.69, 9.17) is 0 Å². The van der Waals surface area contributed by atoms with Gasteiger partial charge in [-0.2, -0.15) is 0 Å². The summed E-state index contributed by atoms with van der Waals surface area (Å²) in [6, 6.07) is 14.3. The van der Waals surface area contributed by atoms with Crippen LogP contribution in [-0.4, -0.2) is 9.97 Å². The first kappa shape index (κ1) is 11.7. The lowest BCUT2D eigenvalue weighted by molar-refractivity contribution is 1.01. The summed E-state index contributed by atoms with van der Waals surface area (Å²) in [5.74, 6) is 0.906. The van der Waals surface area contributed by atoms with Gasteiger partial charge < -0.3 is 5.32 Å². The van der Waals surface area contributed by atoms with E-state index in [2.05, 4.69) is 40.4 Å². The number of nitrogens with one attached hydrogen (secondary N) is 1. The molecule has 0 spiro atoms. The molecule has 0 aliphatic carbocycles. The summed E-state index contributed by atoms with van der Waals surface area (Å²) in [5.41, 5.74) is 2.24. The molecular formula is C16H15N3. The smallest absolute Gasteiger partial charge is 0.134 e. The highest BCUT2D eigenvalue weighted by Crippen LogP contribution is 2.20. The van der Waals surface area contributed by atoms with Crippen LogP contribution in [0.5, 0.6) is 0 Å². The summed E-state index contributed by atoms with van der Waals surface area (Å²) in [5, 5.41) is 5.70. The fourth-order valence-electron chi connectivity index (χ4n) is 2.13. The number of anilines is 1. The normalized spacial score (nSPS) is 10.6. The van der Waals surface area contributed by atoms with E-state index < -0.39 is 0 Å². The molecule has 0 saturated heterocycles. The Balaban J connectivity index is 1.88. The maximum Gasteiger partial charge on any atom is 0.134 e. The molecule has 0 amide bonds. The largest absolute Gasteiger partial charge is 0.364 e. The first-order valence-electron chi connectivity index (χ1n) is 6.33. The fraction of sp³-hybridized carbons (Fsp3) is 0.125. The molecule has 3 rings (SSSR count). The first-order valence-corrected chi connectivity index (χ1v) is 6.33. The van der Waals surface area contributed by atoms with Gasteiger partial charge in [0.1, 0.15) is 5.82 Å². The zero-order valence-electron chi connectivity index (χ0n) is 10.8. The lowest BCUT2D eigenvalue weighted by atomic mass is 10.1. The van der Waals surface area contributed by atoms with Crippen LogP contribution in [0.15, 0.2) is 54.9 Å². The number of benzene rings is 1. The molecule has 1 aromatic carbocycles. The summed E-state index contributed by atoms with van der Waals surface area (Å²) in [6.07, 6.45) is 3.65. The molecule has 19 heavy (non-hydrogen) atoms. The highest BCUT2D eigenvalue weighted by Gasteiger charge is 2.03. The molecule has 0 radical (unpaired) electrons. The molecule has 0 saturated carbocycles. The molecule has 0 fully saturated rings. The number of nitrogens with zero attached hydrogens (tertiary/aromatic N) is 2. The zero-order valence-corrected chi connectivity index (χ0v) is 10.8. The van der Waals surface area contributed by atoms with E-state index in [-0.39, 0.29) is 0 Å². The van der Waals surface area contributed by atoms with Crippen molar-refractivity contribution < 1.29 is 0 Å². The average Bonchev–Trinajstić information content (AvgIpc) is 2.46. The van der Waals surface area contributed by atoms with E-state index in [0.29, 0.717) is 6.54 Å². The van der Waals surface area contributed by atoms with Crippen LogP contribution in [0, 0.1) is 6.92 Å². The van der Waals surface area contributed by atoms with Gasteiger partial charge in [0.15, 0.2) is 0 Å². The maximum absolute atomic E-state index is 4.41. The molecule has 0 aliphatic heterocycles. The van der Waals surface area contributed by atoms with Gasteiger partial charge >= 0.3 is 0 Å². The van der Waals surface area contributed by atoms with Crippen LogP contribution in [-0.2, 0) is 6.54 Å². The molecule has 0 aliphatic rings. The Bertz CT molecular complexity index is 702. The number of pyridine rings is 2. The van der Waals surface area contributed by atoms with E-state index in [1.807, 2.05) is 36.7 Å². The second kappa shape index (κ2) is 5.06. The monoisotopic (exact) mass is 249 g/mol. The first-order chi connectivity index (χ1) is 9.34. The molecule has 2 heterocycles. The summed E-state index contributed by atoms with van der Waals surface area (Å²) in [6.45, 7) is 2.76. The van der Waals surface area contributed by atoms with Crippen LogP contribution in [0.25, 0.3) is 10.8 Å². The lowest BCUT2D eigenvalue weighted by Gasteiger charge is -2.09. The van der Waals surface area contributed by atoms with E-state index >= 15 is 0 Å². The number of hydrogen-bond donors (Lipinski definition) is 1. The third kappa shape index (κ3) is 2.40. The van der Waals surface area contributed by atoms with Gasteiger partial charge in [0.25, 0.3) is 0 Å². The van der Waals surface area contributed by atoms with Crippen molar-refractivity contribution in [1.82, 2.24) is 9.97 Å². The molecule has 0 atom stereocenters. The molecule has 3 aromatic rings. The van der Waals surface area contributed by atoms with Crippen LogP contribution in [0.1, 0.15) is 11.3 Å². The Hall–Kier alpha value is -2.42. The molecular weight excluding hydrogens is 234 g/mol. The Morgan fingerprint density at radius 3 is 2.74 bits per heavy atom. The highest BCUT2D eigenvalue weighted by molar-refractivity contribution is 5.91. The average molecular weight is 249 g/mol. The summed E-state index contributed by atoms with van der Waals surface area (Å²) < 4.78 is 0. The molecule has 1 N–H and O–H groups in total. The van der Waals surface area contributed by atoms with Crippen molar-refractivity contribution in [2.75, 3.05) is 5.32 Å². The minimum atomic E-state index is 0.688. The van der Waals surface area contributed by atoms with Crippen LogP contribution >= 0.6 is 0 Å². The van der Waals surface area contributed by atoms with Gasteiger partial charge in [-0.1, -0.05) is 30.3 Å². The quantitative estimate of drug-likeness (QED) is 0.771. The predicted octanol–water partition coefficient (Wildman–Crippen LogP) is 3.55. The zero-order chi connectivity index (χ0) is 13.1. The number of aryl methyl sites for hydroxylation is 1. The Morgan fingerprint density at radius 2 is 1.84 bits per heavy atom. The molecule has 2 aromatic heterocycles. The standard InChI is InChI=1S/C16H15N3/c1-12-5-4-9-17-15(12)11-19-16-14-7-3-2-6-13(14)8-10-18-16/h2-10H,11H2,1H3,(H,18,19). The highest BCUT2D eigenvalue weighted by atomic mass is 15.0. The second-order valence-electron chi connectivity index (χ2n) is 4.50. The van der Waals surface area contributed by atoms with Gasteiger partial charge in [-0.3, -0.25) is 4.98 Å². The van der Waals surface area contributed by atoms with Crippen LogP contribution in [0.4, 0.5) is 5.82 Å². The van der Waals surface area contributed by atoms with Crippen LogP contribution in [0.3, 0.4) is 0 Å². The molecule has 94 valence electrons. The van der Waals surface area contributed by atoms with E-state index in [9.17, 15) is 0 Å². The Morgan fingerprint density at radius 1 is 0.947 bits per heavy atom. The maximum atomic E-state index is 4.41. The minimum absolute atomic E-state index is 0.688. The van der Waals surface area contributed by atoms with Crippen LogP contribution < -0.4 is 5.32 Å². The number of aromatic nitrogens is 2. The number of hydrogen-bond acceptors (Lipinski definition) is 3. The second-order valence-corrected chi connectivity index (χ2v) is 4.50. The van der Waals surface area contributed by atoms with E-state index in [0.717, 1.165) is 16.9 Å². The van der Waals surface area contributed by atoms with Gasteiger partial charge in [0, 0.05) is 17.8 Å². The Kier molecular flexibility index (Phi) is 3.11. The SMILES string of the molecule is Cc1cccnc1CNc1nccc2ccccc12. The van der Waals surface area contributed by atoms with Crippen molar-refractivity contribution in [3.8, 4) is 0 Å². The van der Waals surface area contributed by atoms with Gasteiger partial charge in [-0.25, -0.2) is 4.98 Å². The van der Waals surface area contributed by atoms with Crippen molar-refractivity contribution >= 4 is 16.6 Å². The minimum Gasteiger partial charge on any atom is -0.364 e. The summed E-state index contributed by atoms with van der Waals surface area (Å²) in [7, 11) is 0. The topological polar surface area (TPSA) is 37.8 Å². The fourth-order valence-corrected chi connectivity index (χ4v) is 2.13. The van der Waals surface area contributed by atoms with Gasteiger partial charge in [0.05, 0.1) is 12.2 Å². The number of rotatable bonds is 3. The van der Waals surface area contributed by atoms with Gasteiger partial charge in [-0.05, 0) is 30.0 Å². The molecule has 3 nitrogen and oxygen atoms in total. The van der Waals surface area contributed by atoms with E-state index in [1.165, 1.54) is 10.9 Å². The van der Waals surface area contributed by atoms with E-state index in [1.54, 1.807) is 0 Å². The van der Waals surface area contributed by atoms with Crippen molar-refractivity contribution in [1.29, 1.82) is 0 Å². The van der Waals surface area contributed by atoms with Crippen molar-refractivity contribution in [2.45, 2.75) is 13.5 Å². The van der Waals surface area contributed by atoms with Crippen LogP contribution in [0.2, 0.25) is 0 Å².